The summed E-state index contributed by atoms with van der Waals surface area (Å²) in [7, 11) is 1.65. The van der Waals surface area contributed by atoms with Crippen LogP contribution >= 0.6 is 0 Å². The van der Waals surface area contributed by atoms with E-state index in [1.54, 1.807) is 25.3 Å². The molecule has 2 N–H and O–H groups in total. The van der Waals surface area contributed by atoms with Crippen LogP contribution in [0.3, 0.4) is 0 Å². The molecule has 6 heteroatoms. The molecule has 0 bridgehead atoms. The van der Waals surface area contributed by atoms with Gasteiger partial charge in [-0.25, -0.2) is 0 Å². The van der Waals surface area contributed by atoms with Crippen LogP contribution in [0.1, 0.15) is 6.42 Å². The van der Waals surface area contributed by atoms with E-state index in [9.17, 15) is 10.1 Å². The van der Waals surface area contributed by atoms with E-state index >= 15 is 0 Å². The van der Waals surface area contributed by atoms with E-state index in [0.29, 0.717) is 12.2 Å². The molecule has 1 saturated heterocycles. The first-order chi connectivity index (χ1) is 8.13. The molecule has 1 atom stereocenters. The SMILES string of the molecule is COC1CCN(c2cccc(N)c2[N+](=O)[O-])C1. The van der Waals surface area contributed by atoms with Crippen molar-refractivity contribution in [3.8, 4) is 0 Å². The Hall–Kier alpha value is -1.82. The predicted octanol–water partition coefficient (Wildman–Crippen LogP) is 1.40. The van der Waals surface area contributed by atoms with Crippen LogP contribution in [-0.4, -0.2) is 31.2 Å². The van der Waals surface area contributed by atoms with Crippen LogP contribution in [0.25, 0.3) is 0 Å². The largest absolute Gasteiger partial charge is 0.393 e. The van der Waals surface area contributed by atoms with Crippen molar-refractivity contribution in [1.82, 2.24) is 0 Å². The van der Waals surface area contributed by atoms with E-state index < -0.39 is 4.92 Å². The number of hydrogen-bond acceptors (Lipinski definition) is 5. The van der Waals surface area contributed by atoms with Gasteiger partial charge in [0.1, 0.15) is 11.4 Å². The summed E-state index contributed by atoms with van der Waals surface area (Å²) in [6, 6.07) is 5.01. The molecule has 1 aromatic rings. The molecule has 2 rings (SSSR count). The molecule has 0 spiro atoms. The van der Waals surface area contributed by atoms with Crippen molar-refractivity contribution >= 4 is 17.1 Å². The van der Waals surface area contributed by atoms with Gasteiger partial charge in [0, 0.05) is 20.2 Å². The van der Waals surface area contributed by atoms with Crippen LogP contribution in [0.4, 0.5) is 17.1 Å². The minimum atomic E-state index is -0.426. The number of nitrogen functional groups attached to an aromatic ring is 1. The smallest absolute Gasteiger partial charge is 0.315 e. The van der Waals surface area contributed by atoms with Crippen LogP contribution in [0.2, 0.25) is 0 Å². The zero-order chi connectivity index (χ0) is 12.4. The summed E-state index contributed by atoms with van der Waals surface area (Å²) >= 11 is 0. The first-order valence-corrected chi connectivity index (χ1v) is 5.44. The number of nitro benzene ring substituents is 1. The summed E-state index contributed by atoms with van der Waals surface area (Å²) in [5.41, 5.74) is 6.43. The van der Waals surface area contributed by atoms with Crippen molar-refractivity contribution in [1.29, 1.82) is 0 Å². The van der Waals surface area contributed by atoms with Crippen molar-refractivity contribution in [3.63, 3.8) is 0 Å². The van der Waals surface area contributed by atoms with E-state index in [2.05, 4.69) is 0 Å². The zero-order valence-electron chi connectivity index (χ0n) is 9.63. The lowest BCUT2D eigenvalue weighted by Crippen LogP contribution is -2.23. The van der Waals surface area contributed by atoms with Crippen molar-refractivity contribution in [2.75, 3.05) is 30.8 Å². The normalized spacial score (nSPS) is 19.6. The Morgan fingerprint density at radius 2 is 2.35 bits per heavy atom. The van der Waals surface area contributed by atoms with Crippen LogP contribution in [0.15, 0.2) is 18.2 Å². The monoisotopic (exact) mass is 237 g/mol. The van der Waals surface area contributed by atoms with E-state index in [1.165, 1.54) is 0 Å². The number of rotatable bonds is 3. The highest BCUT2D eigenvalue weighted by Gasteiger charge is 2.28. The van der Waals surface area contributed by atoms with Gasteiger partial charge in [0.2, 0.25) is 0 Å². The summed E-state index contributed by atoms with van der Waals surface area (Å²) in [6.45, 7) is 1.42. The number of benzene rings is 1. The van der Waals surface area contributed by atoms with Crippen LogP contribution < -0.4 is 10.6 Å². The van der Waals surface area contributed by atoms with E-state index in [4.69, 9.17) is 10.5 Å². The molecule has 1 aliphatic heterocycles. The van der Waals surface area contributed by atoms with Crippen LogP contribution in [0, 0.1) is 10.1 Å². The second-order valence-electron chi connectivity index (χ2n) is 4.06. The van der Waals surface area contributed by atoms with Gasteiger partial charge in [0.25, 0.3) is 0 Å². The second-order valence-corrected chi connectivity index (χ2v) is 4.06. The lowest BCUT2D eigenvalue weighted by Gasteiger charge is -2.18. The molecule has 0 aromatic heterocycles. The zero-order valence-corrected chi connectivity index (χ0v) is 9.63. The number of ether oxygens (including phenoxy) is 1. The van der Waals surface area contributed by atoms with Gasteiger partial charge in [-0.1, -0.05) is 6.07 Å². The maximum absolute atomic E-state index is 11.0. The van der Waals surface area contributed by atoms with Gasteiger partial charge in [-0.05, 0) is 18.6 Å². The predicted molar refractivity (Wildman–Crippen MR) is 65.1 cm³/mol. The molecule has 17 heavy (non-hydrogen) atoms. The summed E-state index contributed by atoms with van der Waals surface area (Å²) in [5.74, 6) is 0. The van der Waals surface area contributed by atoms with Crippen molar-refractivity contribution < 1.29 is 9.66 Å². The van der Waals surface area contributed by atoms with Gasteiger partial charge >= 0.3 is 5.69 Å². The molecule has 92 valence electrons. The molecule has 0 aliphatic carbocycles. The molecule has 0 radical (unpaired) electrons. The van der Waals surface area contributed by atoms with Gasteiger partial charge < -0.3 is 15.4 Å². The molecular weight excluding hydrogens is 222 g/mol. The molecule has 1 aliphatic rings. The van der Waals surface area contributed by atoms with Gasteiger partial charge in [-0.2, -0.15) is 0 Å². The second kappa shape index (κ2) is 4.58. The van der Waals surface area contributed by atoms with Crippen molar-refractivity contribution in [2.24, 2.45) is 0 Å². The lowest BCUT2D eigenvalue weighted by molar-refractivity contribution is -0.383. The highest BCUT2D eigenvalue weighted by atomic mass is 16.6. The molecular formula is C11H15N3O3. The molecule has 1 heterocycles. The quantitative estimate of drug-likeness (QED) is 0.488. The number of nitro groups is 1. The fourth-order valence-corrected chi connectivity index (χ4v) is 2.14. The maximum Gasteiger partial charge on any atom is 0.315 e. The highest BCUT2D eigenvalue weighted by molar-refractivity contribution is 5.75. The van der Waals surface area contributed by atoms with Gasteiger partial charge in [0.15, 0.2) is 0 Å². The van der Waals surface area contributed by atoms with Crippen LogP contribution in [0.5, 0.6) is 0 Å². The number of nitrogens with two attached hydrogens (primary N) is 1. The van der Waals surface area contributed by atoms with Gasteiger partial charge in [-0.15, -0.1) is 0 Å². The number of nitrogens with zero attached hydrogens (tertiary/aromatic N) is 2. The summed E-state index contributed by atoms with van der Waals surface area (Å²) < 4.78 is 5.25. The number of hydrogen-bond donors (Lipinski definition) is 1. The molecule has 1 aromatic carbocycles. The third-order valence-electron chi connectivity index (χ3n) is 3.05. The molecule has 1 unspecified atom stereocenters. The lowest BCUT2D eigenvalue weighted by atomic mass is 10.2. The Kier molecular flexibility index (Phi) is 3.14. The van der Waals surface area contributed by atoms with Gasteiger partial charge in [-0.3, -0.25) is 10.1 Å². The van der Waals surface area contributed by atoms with E-state index in [-0.39, 0.29) is 17.5 Å². The average Bonchev–Trinajstić information content (AvgIpc) is 2.76. The maximum atomic E-state index is 11.0. The minimum Gasteiger partial charge on any atom is -0.393 e. The van der Waals surface area contributed by atoms with Crippen molar-refractivity contribution in [2.45, 2.75) is 12.5 Å². The standard InChI is InChI=1S/C11H15N3O3/c1-17-8-5-6-13(7-8)10-4-2-3-9(12)11(10)14(15)16/h2-4,8H,5-7,12H2,1H3. The first kappa shape index (κ1) is 11.7. The number of para-hydroxylation sites is 1. The Labute approximate surface area is 99.1 Å². The Morgan fingerprint density at radius 1 is 1.59 bits per heavy atom. The highest BCUT2D eigenvalue weighted by Crippen LogP contribution is 2.35. The Balaban J connectivity index is 2.33. The third-order valence-corrected chi connectivity index (χ3v) is 3.05. The number of anilines is 2. The topological polar surface area (TPSA) is 81.6 Å². The van der Waals surface area contributed by atoms with E-state index in [1.807, 2.05) is 4.90 Å². The third kappa shape index (κ3) is 2.16. The Morgan fingerprint density at radius 3 is 2.94 bits per heavy atom. The fourth-order valence-electron chi connectivity index (χ4n) is 2.14. The van der Waals surface area contributed by atoms with Crippen molar-refractivity contribution in [3.05, 3.63) is 28.3 Å². The summed E-state index contributed by atoms with van der Waals surface area (Å²) in [6.07, 6.45) is 1.01. The summed E-state index contributed by atoms with van der Waals surface area (Å²) in [5, 5.41) is 11.0. The minimum absolute atomic E-state index is 0.00995. The first-order valence-electron chi connectivity index (χ1n) is 5.44. The molecule has 0 amide bonds. The fraction of sp³-hybridized carbons (Fsp3) is 0.455. The average molecular weight is 237 g/mol. The molecule has 6 nitrogen and oxygen atoms in total. The Bertz CT molecular complexity index is 436. The van der Waals surface area contributed by atoms with E-state index in [0.717, 1.165) is 13.0 Å². The number of methoxy groups -OCH3 is 1. The summed E-state index contributed by atoms with van der Waals surface area (Å²) in [4.78, 5) is 12.5. The molecule has 0 saturated carbocycles. The van der Waals surface area contributed by atoms with Crippen LogP contribution in [-0.2, 0) is 4.74 Å². The van der Waals surface area contributed by atoms with Gasteiger partial charge in [0.05, 0.1) is 11.0 Å². The molecule has 1 fully saturated rings.